The van der Waals surface area contributed by atoms with Gasteiger partial charge in [-0.05, 0) is 36.8 Å². The van der Waals surface area contributed by atoms with Gasteiger partial charge in [-0.15, -0.1) is 0 Å². The number of para-hydroxylation sites is 1. The van der Waals surface area contributed by atoms with Gasteiger partial charge in [-0.2, -0.15) is 0 Å². The number of aromatic nitrogens is 2. The van der Waals surface area contributed by atoms with Crippen LogP contribution in [0.25, 0.3) is 0 Å². The summed E-state index contributed by atoms with van der Waals surface area (Å²) < 4.78 is 7.09. The van der Waals surface area contributed by atoms with Crippen LogP contribution in [-0.4, -0.2) is 28.6 Å². The minimum Gasteiger partial charge on any atom is -0.493 e. The fourth-order valence-electron chi connectivity index (χ4n) is 3.33. The van der Waals surface area contributed by atoms with E-state index in [1.807, 2.05) is 58.9 Å². The maximum atomic E-state index is 13.1. The van der Waals surface area contributed by atoms with E-state index in [0.29, 0.717) is 26.1 Å². The van der Waals surface area contributed by atoms with E-state index in [9.17, 15) is 14.4 Å². The first-order chi connectivity index (χ1) is 14.6. The second kappa shape index (κ2) is 10.8. The van der Waals surface area contributed by atoms with Crippen molar-refractivity contribution in [3.05, 3.63) is 50.7 Å². The number of anilines is 2. The van der Waals surface area contributed by atoms with Crippen LogP contribution < -0.4 is 26.6 Å². The Morgan fingerprint density at radius 1 is 1.16 bits per heavy atom. The Morgan fingerprint density at radius 2 is 1.84 bits per heavy atom. The van der Waals surface area contributed by atoms with Crippen LogP contribution in [0.2, 0.25) is 0 Å². The summed E-state index contributed by atoms with van der Waals surface area (Å²) in [6, 6.07) is 7.70. The third-order valence-corrected chi connectivity index (χ3v) is 4.77. The van der Waals surface area contributed by atoms with E-state index in [0.717, 1.165) is 11.3 Å². The molecule has 2 aromatic rings. The van der Waals surface area contributed by atoms with Crippen LogP contribution in [0, 0.1) is 18.8 Å². The summed E-state index contributed by atoms with van der Waals surface area (Å²) in [6.45, 7) is 10.8. The van der Waals surface area contributed by atoms with E-state index in [-0.39, 0.29) is 35.7 Å². The summed E-state index contributed by atoms with van der Waals surface area (Å²) >= 11 is 0. The first kappa shape index (κ1) is 24.2. The molecule has 0 saturated heterocycles. The first-order valence-corrected chi connectivity index (χ1v) is 10.7. The van der Waals surface area contributed by atoms with Gasteiger partial charge in [0.05, 0.1) is 6.61 Å². The highest BCUT2D eigenvalue weighted by molar-refractivity contribution is 5.95. The largest absolute Gasteiger partial charge is 0.493 e. The van der Waals surface area contributed by atoms with Gasteiger partial charge < -0.3 is 15.4 Å². The molecule has 0 bridgehead atoms. The Hall–Kier alpha value is -3.03. The molecule has 0 aliphatic carbocycles. The van der Waals surface area contributed by atoms with Gasteiger partial charge in [0.1, 0.15) is 11.6 Å². The summed E-state index contributed by atoms with van der Waals surface area (Å²) in [5.74, 6) is 0.833. The Morgan fingerprint density at radius 3 is 2.45 bits per heavy atom. The Balaban J connectivity index is 2.21. The number of nitrogens with zero attached hydrogens (tertiary/aromatic N) is 2. The van der Waals surface area contributed by atoms with Crippen molar-refractivity contribution < 1.29 is 9.53 Å². The molecular weight excluding hydrogens is 396 g/mol. The summed E-state index contributed by atoms with van der Waals surface area (Å²) in [5.41, 5.74) is 6.08. The lowest BCUT2D eigenvalue weighted by molar-refractivity contribution is -0.119. The van der Waals surface area contributed by atoms with E-state index >= 15 is 0 Å². The number of nitrogens with one attached hydrogen (secondary N) is 1. The zero-order valence-electron chi connectivity index (χ0n) is 19.1. The lowest BCUT2D eigenvalue weighted by Crippen LogP contribution is -2.43. The monoisotopic (exact) mass is 430 g/mol. The van der Waals surface area contributed by atoms with Gasteiger partial charge in [-0.3, -0.25) is 19.1 Å². The third-order valence-electron chi connectivity index (χ3n) is 4.77. The normalized spacial score (nSPS) is 11.2. The van der Waals surface area contributed by atoms with Gasteiger partial charge in [-0.25, -0.2) is 4.79 Å². The molecule has 1 aromatic carbocycles. The van der Waals surface area contributed by atoms with E-state index in [1.54, 1.807) is 0 Å². The molecule has 1 aromatic heterocycles. The van der Waals surface area contributed by atoms with Crippen LogP contribution in [-0.2, 0) is 11.3 Å². The number of ether oxygens (including phenoxy) is 1. The lowest BCUT2D eigenvalue weighted by atomic mass is 10.1. The predicted octanol–water partition coefficient (Wildman–Crippen LogP) is 2.93. The van der Waals surface area contributed by atoms with Crippen molar-refractivity contribution in [1.29, 1.82) is 0 Å². The van der Waals surface area contributed by atoms with E-state index in [4.69, 9.17) is 10.5 Å². The van der Waals surface area contributed by atoms with Crippen LogP contribution in [0.3, 0.4) is 0 Å². The Bertz CT molecular complexity index is 1010. The number of nitrogens with two attached hydrogens (primary N) is 1. The molecule has 31 heavy (non-hydrogen) atoms. The maximum Gasteiger partial charge on any atom is 0.330 e. The minimum absolute atomic E-state index is 0.0209. The van der Waals surface area contributed by atoms with Gasteiger partial charge in [0.15, 0.2) is 5.69 Å². The molecular formula is C23H34N4O4. The molecule has 0 saturated carbocycles. The zero-order chi connectivity index (χ0) is 23.1. The van der Waals surface area contributed by atoms with Crippen molar-refractivity contribution in [2.75, 3.05) is 23.8 Å². The number of amides is 1. The molecule has 170 valence electrons. The number of rotatable bonds is 10. The predicted molar refractivity (Wildman–Crippen MR) is 124 cm³/mol. The number of hydrogen-bond donors (Lipinski definition) is 2. The highest BCUT2D eigenvalue weighted by atomic mass is 16.5. The Kier molecular flexibility index (Phi) is 8.47. The molecule has 0 aliphatic heterocycles. The number of carbonyl (C=O) groups is 1. The molecule has 8 nitrogen and oxygen atoms in total. The van der Waals surface area contributed by atoms with Gasteiger partial charge in [0, 0.05) is 19.5 Å². The van der Waals surface area contributed by atoms with Gasteiger partial charge >= 0.3 is 5.69 Å². The maximum absolute atomic E-state index is 13.1. The minimum atomic E-state index is -0.646. The number of H-pyrrole nitrogens is 1. The zero-order valence-corrected chi connectivity index (χ0v) is 19.1. The smallest absolute Gasteiger partial charge is 0.330 e. The van der Waals surface area contributed by atoms with Crippen LogP contribution in [0.1, 0.15) is 46.1 Å². The standard InChI is InChI=1S/C23H34N4O4/c1-15(2)13-26(19(28)11-8-12-31-18-10-7-6-9-17(18)5)20-21(24)27(14-16(3)4)23(30)25-22(20)29/h6-7,9-10,15-16H,8,11-14,24H2,1-5H3,(H,25,29,30). The third kappa shape index (κ3) is 6.47. The number of nitrogen functional groups attached to an aromatic ring is 1. The average Bonchev–Trinajstić information content (AvgIpc) is 2.68. The van der Waals surface area contributed by atoms with Gasteiger partial charge in [-0.1, -0.05) is 45.9 Å². The second-order valence-corrected chi connectivity index (χ2v) is 8.61. The first-order valence-electron chi connectivity index (χ1n) is 10.7. The molecule has 3 N–H and O–H groups in total. The van der Waals surface area contributed by atoms with Crippen molar-refractivity contribution in [3.63, 3.8) is 0 Å². The fraction of sp³-hybridized carbons (Fsp3) is 0.522. The fourth-order valence-corrected chi connectivity index (χ4v) is 3.33. The summed E-state index contributed by atoms with van der Waals surface area (Å²) in [6.07, 6.45) is 0.687. The van der Waals surface area contributed by atoms with Crippen LogP contribution >= 0.6 is 0 Å². The number of benzene rings is 1. The highest BCUT2D eigenvalue weighted by Crippen LogP contribution is 2.21. The summed E-state index contributed by atoms with van der Waals surface area (Å²) in [4.78, 5) is 41.6. The number of carbonyl (C=O) groups excluding carboxylic acids is 1. The van der Waals surface area contributed by atoms with E-state index < -0.39 is 11.2 Å². The quantitative estimate of drug-likeness (QED) is 0.563. The lowest BCUT2D eigenvalue weighted by Gasteiger charge is -2.26. The molecule has 0 spiro atoms. The van der Waals surface area contributed by atoms with Gasteiger partial charge in [0.2, 0.25) is 5.91 Å². The molecule has 2 rings (SSSR count). The number of hydrogen-bond acceptors (Lipinski definition) is 5. The number of aromatic amines is 1. The van der Waals surface area contributed by atoms with Crippen LogP contribution in [0.5, 0.6) is 5.75 Å². The molecule has 0 atom stereocenters. The SMILES string of the molecule is Cc1ccccc1OCCCC(=O)N(CC(C)C)c1c(N)n(CC(C)C)c(=O)[nH]c1=O. The molecule has 0 aliphatic rings. The van der Waals surface area contributed by atoms with E-state index in [1.165, 1.54) is 9.47 Å². The van der Waals surface area contributed by atoms with Crippen molar-refractivity contribution in [2.24, 2.45) is 11.8 Å². The van der Waals surface area contributed by atoms with Crippen LogP contribution in [0.4, 0.5) is 11.5 Å². The van der Waals surface area contributed by atoms with Gasteiger partial charge in [0.25, 0.3) is 5.56 Å². The topological polar surface area (TPSA) is 110 Å². The summed E-state index contributed by atoms with van der Waals surface area (Å²) in [7, 11) is 0. The molecule has 0 radical (unpaired) electrons. The van der Waals surface area contributed by atoms with Crippen molar-refractivity contribution in [2.45, 2.75) is 54.0 Å². The van der Waals surface area contributed by atoms with E-state index in [2.05, 4.69) is 4.98 Å². The van der Waals surface area contributed by atoms with Crippen molar-refractivity contribution in [1.82, 2.24) is 9.55 Å². The molecule has 0 unspecified atom stereocenters. The molecule has 8 heteroatoms. The van der Waals surface area contributed by atoms with Crippen molar-refractivity contribution >= 4 is 17.4 Å². The average molecular weight is 431 g/mol. The summed E-state index contributed by atoms with van der Waals surface area (Å²) in [5, 5.41) is 0. The molecule has 0 fully saturated rings. The second-order valence-electron chi connectivity index (χ2n) is 8.61. The number of aryl methyl sites for hydroxylation is 1. The molecule has 1 heterocycles. The Labute approximate surface area is 183 Å². The van der Waals surface area contributed by atoms with Crippen molar-refractivity contribution in [3.8, 4) is 5.75 Å². The highest BCUT2D eigenvalue weighted by Gasteiger charge is 2.25. The van der Waals surface area contributed by atoms with Crippen LogP contribution in [0.15, 0.2) is 33.9 Å². The molecule has 1 amide bonds.